The van der Waals surface area contributed by atoms with E-state index in [1.54, 1.807) is 0 Å². The van der Waals surface area contributed by atoms with E-state index in [9.17, 15) is 0 Å². The molecule has 2 rings (SSSR count). The maximum absolute atomic E-state index is 3.22. The van der Waals surface area contributed by atoms with Crippen LogP contribution in [-0.4, -0.2) is 20.1 Å². The van der Waals surface area contributed by atoms with E-state index in [0.29, 0.717) is 0 Å². The second kappa shape index (κ2) is 6.24. The van der Waals surface area contributed by atoms with Crippen LogP contribution >= 0.6 is 0 Å². The van der Waals surface area contributed by atoms with Crippen molar-refractivity contribution in [2.75, 3.05) is 25.0 Å². The summed E-state index contributed by atoms with van der Waals surface area (Å²) in [6.07, 6.45) is 4.07. The largest absolute Gasteiger partial charge is 0.371 e. The van der Waals surface area contributed by atoms with Gasteiger partial charge in [0.1, 0.15) is 0 Å². The molecular weight excluding hydrogens is 220 g/mol. The molecule has 0 aromatic heterocycles. The molecule has 0 saturated carbocycles. The smallest absolute Gasteiger partial charge is 0.0369 e. The summed E-state index contributed by atoms with van der Waals surface area (Å²) in [5.74, 6) is 0.910. The fourth-order valence-corrected chi connectivity index (χ4v) is 2.98. The van der Waals surface area contributed by atoms with Gasteiger partial charge in [0.25, 0.3) is 0 Å². The van der Waals surface area contributed by atoms with E-state index in [2.05, 4.69) is 42.3 Å². The van der Waals surface area contributed by atoms with Gasteiger partial charge in [0, 0.05) is 25.3 Å². The van der Waals surface area contributed by atoms with E-state index < -0.39 is 0 Å². The van der Waals surface area contributed by atoms with Crippen LogP contribution in [0.5, 0.6) is 0 Å². The summed E-state index contributed by atoms with van der Waals surface area (Å²) in [6, 6.07) is 6.91. The van der Waals surface area contributed by atoms with Gasteiger partial charge in [0.05, 0.1) is 0 Å². The van der Waals surface area contributed by atoms with Gasteiger partial charge in [0.2, 0.25) is 0 Å². The summed E-state index contributed by atoms with van der Waals surface area (Å²) in [4.78, 5) is 2.55. The van der Waals surface area contributed by atoms with Crippen LogP contribution in [0.15, 0.2) is 18.2 Å². The van der Waals surface area contributed by atoms with Gasteiger partial charge in [-0.2, -0.15) is 0 Å². The monoisotopic (exact) mass is 246 g/mol. The number of nitrogens with zero attached hydrogens (tertiary/aromatic N) is 1. The van der Waals surface area contributed by atoms with Gasteiger partial charge in [-0.05, 0) is 56.0 Å². The molecule has 1 unspecified atom stereocenters. The lowest BCUT2D eigenvalue weighted by atomic mass is 10.0. The summed E-state index contributed by atoms with van der Waals surface area (Å²) >= 11 is 0. The van der Waals surface area contributed by atoms with Gasteiger partial charge >= 0.3 is 0 Å². The predicted octanol–water partition coefficient (Wildman–Crippen LogP) is 3.34. The highest BCUT2D eigenvalue weighted by atomic mass is 15.1. The van der Waals surface area contributed by atoms with E-state index in [1.165, 1.54) is 49.2 Å². The van der Waals surface area contributed by atoms with Crippen molar-refractivity contribution in [3.8, 4) is 0 Å². The summed E-state index contributed by atoms with van der Waals surface area (Å²) in [6.45, 7) is 7.95. The van der Waals surface area contributed by atoms with Crippen LogP contribution in [0.4, 0.5) is 5.69 Å². The Morgan fingerprint density at radius 2 is 2.22 bits per heavy atom. The number of anilines is 1. The lowest BCUT2D eigenvalue weighted by Gasteiger charge is -2.20. The lowest BCUT2D eigenvalue weighted by Crippen LogP contribution is -2.20. The molecule has 0 spiro atoms. The van der Waals surface area contributed by atoms with Crippen molar-refractivity contribution in [3.05, 3.63) is 29.3 Å². The molecule has 0 aliphatic carbocycles. The molecular formula is C16H26N2. The Kier molecular flexibility index (Phi) is 4.65. The molecule has 1 saturated heterocycles. The highest BCUT2D eigenvalue weighted by molar-refractivity contribution is 5.51. The average molecular weight is 246 g/mol. The quantitative estimate of drug-likeness (QED) is 0.857. The van der Waals surface area contributed by atoms with Gasteiger partial charge in [-0.3, -0.25) is 0 Å². The van der Waals surface area contributed by atoms with Crippen molar-refractivity contribution in [1.29, 1.82) is 0 Å². The minimum absolute atomic E-state index is 0.910. The van der Waals surface area contributed by atoms with E-state index in [4.69, 9.17) is 0 Å². The number of benzene rings is 1. The first-order valence-corrected chi connectivity index (χ1v) is 7.23. The van der Waals surface area contributed by atoms with Crippen molar-refractivity contribution in [2.24, 2.45) is 5.92 Å². The Balaban J connectivity index is 2.04. The predicted molar refractivity (Wildman–Crippen MR) is 79.2 cm³/mol. The summed E-state index contributed by atoms with van der Waals surface area (Å²) in [7, 11) is 2.00. The van der Waals surface area contributed by atoms with Crippen LogP contribution in [0.25, 0.3) is 0 Å². The minimum Gasteiger partial charge on any atom is -0.371 e. The van der Waals surface area contributed by atoms with Crippen LogP contribution in [0.1, 0.15) is 37.3 Å². The third-order valence-electron chi connectivity index (χ3n) is 4.04. The third kappa shape index (κ3) is 3.05. The van der Waals surface area contributed by atoms with Gasteiger partial charge in [-0.1, -0.05) is 19.4 Å². The Hall–Kier alpha value is -1.02. The molecule has 1 N–H and O–H groups in total. The first-order valence-electron chi connectivity index (χ1n) is 7.23. The fourth-order valence-electron chi connectivity index (χ4n) is 2.98. The van der Waals surface area contributed by atoms with Crippen molar-refractivity contribution in [1.82, 2.24) is 5.32 Å². The molecule has 1 aliphatic rings. The Morgan fingerprint density at radius 1 is 1.39 bits per heavy atom. The SMILES string of the molecule is CCCC1CCN(c2ccc(CNC)c(C)c2)C1. The van der Waals surface area contributed by atoms with E-state index in [-0.39, 0.29) is 0 Å². The lowest BCUT2D eigenvalue weighted by molar-refractivity contribution is 0.530. The normalized spacial score (nSPS) is 19.5. The fraction of sp³-hybridized carbons (Fsp3) is 0.625. The summed E-state index contributed by atoms with van der Waals surface area (Å²) < 4.78 is 0. The Bertz CT molecular complexity index is 387. The maximum atomic E-state index is 3.22. The third-order valence-corrected chi connectivity index (χ3v) is 4.04. The number of hydrogen-bond acceptors (Lipinski definition) is 2. The van der Waals surface area contributed by atoms with E-state index >= 15 is 0 Å². The van der Waals surface area contributed by atoms with Crippen LogP contribution in [0.3, 0.4) is 0 Å². The number of nitrogens with one attached hydrogen (secondary N) is 1. The molecule has 100 valence electrons. The molecule has 1 aromatic rings. The molecule has 1 heterocycles. The highest BCUT2D eigenvalue weighted by Crippen LogP contribution is 2.27. The molecule has 1 aromatic carbocycles. The molecule has 0 amide bonds. The zero-order chi connectivity index (χ0) is 13.0. The second-order valence-electron chi connectivity index (χ2n) is 5.53. The average Bonchev–Trinajstić information content (AvgIpc) is 2.81. The van der Waals surface area contributed by atoms with Gasteiger partial charge in [0.15, 0.2) is 0 Å². The van der Waals surface area contributed by atoms with Crippen molar-refractivity contribution in [2.45, 2.75) is 39.7 Å². The molecule has 1 fully saturated rings. The van der Waals surface area contributed by atoms with Gasteiger partial charge in [-0.15, -0.1) is 0 Å². The number of hydrogen-bond donors (Lipinski definition) is 1. The highest BCUT2D eigenvalue weighted by Gasteiger charge is 2.21. The van der Waals surface area contributed by atoms with Crippen LogP contribution in [0.2, 0.25) is 0 Å². The van der Waals surface area contributed by atoms with Gasteiger partial charge in [-0.25, -0.2) is 0 Å². The number of rotatable bonds is 5. The molecule has 0 bridgehead atoms. The zero-order valence-electron chi connectivity index (χ0n) is 12.0. The van der Waals surface area contributed by atoms with Crippen LogP contribution in [0, 0.1) is 12.8 Å². The molecule has 18 heavy (non-hydrogen) atoms. The van der Waals surface area contributed by atoms with E-state index in [0.717, 1.165) is 12.5 Å². The van der Waals surface area contributed by atoms with E-state index in [1.807, 2.05) is 7.05 Å². The number of aryl methyl sites for hydroxylation is 1. The summed E-state index contributed by atoms with van der Waals surface area (Å²) in [5.41, 5.74) is 4.22. The maximum Gasteiger partial charge on any atom is 0.0369 e. The van der Waals surface area contributed by atoms with Crippen molar-refractivity contribution in [3.63, 3.8) is 0 Å². The second-order valence-corrected chi connectivity index (χ2v) is 5.53. The Morgan fingerprint density at radius 3 is 2.89 bits per heavy atom. The Labute approximate surface area is 111 Å². The first-order chi connectivity index (χ1) is 8.74. The molecule has 0 radical (unpaired) electrons. The molecule has 2 heteroatoms. The topological polar surface area (TPSA) is 15.3 Å². The minimum atomic E-state index is 0.910. The first kappa shape index (κ1) is 13.4. The van der Waals surface area contributed by atoms with Crippen LogP contribution in [-0.2, 0) is 6.54 Å². The van der Waals surface area contributed by atoms with Crippen molar-refractivity contribution < 1.29 is 0 Å². The zero-order valence-corrected chi connectivity index (χ0v) is 12.0. The molecule has 2 nitrogen and oxygen atoms in total. The molecule has 1 atom stereocenters. The van der Waals surface area contributed by atoms with Gasteiger partial charge < -0.3 is 10.2 Å². The standard InChI is InChI=1S/C16H26N2/c1-4-5-14-8-9-18(12-14)16-7-6-15(11-17-3)13(2)10-16/h6-7,10,14,17H,4-5,8-9,11-12H2,1-3H3. The summed E-state index contributed by atoms with van der Waals surface area (Å²) in [5, 5.41) is 3.22. The van der Waals surface area contributed by atoms with Crippen molar-refractivity contribution >= 4 is 5.69 Å². The van der Waals surface area contributed by atoms with Crippen LogP contribution < -0.4 is 10.2 Å². The molecule has 1 aliphatic heterocycles.